The Labute approximate surface area is 158 Å². The van der Waals surface area contributed by atoms with E-state index >= 15 is 0 Å². The summed E-state index contributed by atoms with van der Waals surface area (Å²) in [6.07, 6.45) is 1.68. The number of aromatic nitrogens is 3. The number of hydrogen-bond acceptors (Lipinski definition) is 6. The number of ether oxygens (including phenoxy) is 3. The summed E-state index contributed by atoms with van der Waals surface area (Å²) in [5.74, 6) is 1.65. The second kappa shape index (κ2) is 7.67. The van der Waals surface area contributed by atoms with E-state index < -0.39 is 0 Å². The molecule has 0 spiro atoms. The molecular weight excluding hydrogens is 344 g/mol. The number of anilines is 1. The van der Waals surface area contributed by atoms with Crippen molar-refractivity contribution in [1.29, 1.82) is 0 Å². The van der Waals surface area contributed by atoms with Gasteiger partial charge in [0.1, 0.15) is 17.2 Å². The van der Waals surface area contributed by atoms with Crippen molar-refractivity contribution in [3.05, 3.63) is 66.0 Å². The highest BCUT2D eigenvalue weighted by molar-refractivity contribution is 5.52. The summed E-state index contributed by atoms with van der Waals surface area (Å²) in [7, 11) is 3.33. The Morgan fingerprint density at radius 1 is 1.07 bits per heavy atom. The second-order valence-electron chi connectivity index (χ2n) is 6.31. The summed E-state index contributed by atoms with van der Waals surface area (Å²) < 4.78 is 18.4. The summed E-state index contributed by atoms with van der Waals surface area (Å²) in [4.78, 5) is 2.17. The van der Waals surface area contributed by atoms with Gasteiger partial charge in [-0.05, 0) is 29.8 Å². The lowest BCUT2D eigenvalue weighted by atomic mass is 10.2. The molecule has 0 N–H and O–H groups in total. The lowest BCUT2D eigenvalue weighted by molar-refractivity contribution is 0.110. The van der Waals surface area contributed by atoms with E-state index in [-0.39, 0.29) is 6.23 Å². The lowest BCUT2D eigenvalue weighted by Gasteiger charge is -2.23. The SMILES string of the molecule is COc1cccc(Cn2cc(C3OCCN3c3cccc(OC)c3)nn2)c1. The molecule has 0 bridgehead atoms. The molecule has 140 valence electrons. The van der Waals surface area contributed by atoms with Gasteiger partial charge in [0, 0.05) is 18.3 Å². The first kappa shape index (κ1) is 17.4. The Bertz CT molecular complexity index is 912. The Balaban J connectivity index is 1.53. The van der Waals surface area contributed by atoms with Gasteiger partial charge in [-0.15, -0.1) is 5.10 Å². The molecule has 2 aromatic carbocycles. The Hall–Kier alpha value is -3.06. The summed E-state index contributed by atoms with van der Waals surface area (Å²) in [5.41, 5.74) is 2.93. The predicted molar refractivity (Wildman–Crippen MR) is 101 cm³/mol. The van der Waals surface area contributed by atoms with Crippen molar-refractivity contribution < 1.29 is 14.2 Å². The number of methoxy groups -OCH3 is 2. The summed E-state index contributed by atoms with van der Waals surface area (Å²) >= 11 is 0. The molecule has 1 aliphatic heterocycles. The molecular formula is C20H22N4O3. The molecule has 0 radical (unpaired) electrons. The topological polar surface area (TPSA) is 61.6 Å². The zero-order valence-corrected chi connectivity index (χ0v) is 15.4. The zero-order chi connectivity index (χ0) is 18.6. The van der Waals surface area contributed by atoms with Crippen molar-refractivity contribution in [2.45, 2.75) is 12.8 Å². The molecule has 1 atom stereocenters. The van der Waals surface area contributed by atoms with Gasteiger partial charge in [0.25, 0.3) is 0 Å². The molecule has 2 heterocycles. The van der Waals surface area contributed by atoms with E-state index in [2.05, 4.69) is 15.2 Å². The molecule has 7 nitrogen and oxygen atoms in total. The number of nitrogens with zero attached hydrogens (tertiary/aromatic N) is 4. The summed E-state index contributed by atoms with van der Waals surface area (Å²) in [6, 6.07) is 15.9. The molecule has 1 unspecified atom stereocenters. The van der Waals surface area contributed by atoms with Crippen molar-refractivity contribution in [1.82, 2.24) is 15.0 Å². The average molecular weight is 366 g/mol. The van der Waals surface area contributed by atoms with E-state index in [9.17, 15) is 0 Å². The Morgan fingerprint density at radius 2 is 1.85 bits per heavy atom. The van der Waals surface area contributed by atoms with Crippen LogP contribution in [0.5, 0.6) is 11.5 Å². The van der Waals surface area contributed by atoms with Gasteiger partial charge >= 0.3 is 0 Å². The van der Waals surface area contributed by atoms with Crippen molar-refractivity contribution in [2.24, 2.45) is 0 Å². The fraction of sp³-hybridized carbons (Fsp3) is 0.300. The standard InChI is InChI=1S/C20H22N4O3/c1-25-17-7-3-5-15(11-17)13-23-14-19(21-22-23)20-24(9-10-27-20)16-6-4-8-18(12-16)26-2/h3-8,11-12,14,20H,9-10,13H2,1-2H3. The van der Waals surface area contributed by atoms with Gasteiger partial charge in [-0.3, -0.25) is 0 Å². The van der Waals surface area contributed by atoms with Crippen molar-refractivity contribution in [3.63, 3.8) is 0 Å². The quantitative estimate of drug-likeness (QED) is 0.669. The first-order chi connectivity index (χ1) is 13.3. The van der Waals surface area contributed by atoms with E-state index in [4.69, 9.17) is 14.2 Å². The third-order valence-corrected chi connectivity index (χ3v) is 4.56. The molecule has 3 aromatic rings. The van der Waals surface area contributed by atoms with Crippen molar-refractivity contribution >= 4 is 5.69 Å². The van der Waals surface area contributed by atoms with Gasteiger partial charge in [-0.1, -0.05) is 23.4 Å². The highest BCUT2D eigenvalue weighted by Crippen LogP contribution is 2.32. The number of rotatable bonds is 6. The smallest absolute Gasteiger partial charge is 0.177 e. The van der Waals surface area contributed by atoms with Gasteiger partial charge in [0.2, 0.25) is 0 Å². The van der Waals surface area contributed by atoms with E-state index in [0.717, 1.165) is 35.0 Å². The van der Waals surface area contributed by atoms with Crippen LogP contribution in [0.1, 0.15) is 17.5 Å². The van der Waals surface area contributed by atoms with Crippen LogP contribution in [0.2, 0.25) is 0 Å². The fourth-order valence-electron chi connectivity index (χ4n) is 3.23. The highest BCUT2D eigenvalue weighted by Gasteiger charge is 2.29. The van der Waals surface area contributed by atoms with Crippen LogP contribution in [0.15, 0.2) is 54.7 Å². The van der Waals surface area contributed by atoms with Gasteiger partial charge < -0.3 is 19.1 Å². The molecule has 27 heavy (non-hydrogen) atoms. The normalized spacial score (nSPS) is 16.5. The first-order valence-corrected chi connectivity index (χ1v) is 8.82. The van der Waals surface area contributed by atoms with Crippen LogP contribution < -0.4 is 14.4 Å². The largest absolute Gasteiger partial charge is 0.497 e. The van der Waals surface area contributed by atoms with Gasteiger partial charge in [-0.25, -0.2) is 4.68 Å². The number of benzene rings is 2. The highest BCUT2D eigenvalue weighted by atomic mass is 16.5. The molecule has 0 saturated carbocycles. The maximum absolute atomic E-state index is 5.93. The average Bonchev–Trinajstić information content (AvgIpc) is 3.37. The summed E-state index contributed by atoms with van der Waals surface area (Å²) in [5, 5.41) is 8.61. The van der Waals surface area contributed by atoms with Crippen LogP contribution in [-0.4, -0.2) is 42.4 Å². The Kier molecular flexibility index (Phi) is 4.93. The minimum absolute atomic E-state index is 0.254. The molecule has 1 aromatic heterocycles. The molecule has 7 heteroatoms. The lowest BCUT2D eigenvalue weighted by Crippen LogP contribution is -2.23. The predicted octanol–water partition coefficient (Wildman–Crippen LogP) is 2.88. The van der Waals surface area contributed by atoms with Crippen LogP contribution in [0, 0.1) is 0 Å². The van der Waals surface area contributed by atoms with E-state index in [1.54, 1.807) is 14.2 Å². The van der Waals surface area contributed by atoms with Gasteiger partial charge in [0.15, 0.2) is 6.23 Å². The van der Waals surface area contributed by atoms with Crippen LogP contribution >= 0.6 is 0 Å². The molecule has 1 fully saturated rings. The van der Waals surface area contributed by atoms with E-state index in [0.29, 0.717) is 13.2 Å². The molecule has 1 aliphatic rings. The van der Waals surface area contributed by atoms with Crippen molar-refractivity contribution in [2.75, 3.05) is 32.3 Å². The van der Waals surface area contributed by atoms with Crippen LogP contribution in [0.3, 0.4) is 0 Å². The van der Waals surface area contributed by atoms with Crippen LogP contribution in [0.25, 0.3) is 0 Å². The first-order valence-electron chi connectivity index (χ1n) is 8.82. The minimum atomic E-state index is -0.254. The maximum atomic E-state index is 5.93. The molecule has 4 rings (SSSR count). The fourth-order valence-corrected chi connectivity index (χ4v) is 3.23. The van der Waals surface area contributed by atoms with E-state index in [1.807, 2.05) is 59.4 Å². The summed E-state index contributed by atoms with van der Waals surface area (Å²) in [6.45, 7) is 2.06. The third kappa shape index (κ3) is 3.73. The maximum Gasteiger partial charge on any atom is 0.177 e. The molecule has 0 aliphatic carbocycles. The minimum Gasteiger partial charge on any atom is -0.497 e. The van der Waals surface area contributed by atoms with Gasteiger partial charge in [0.05, 0.1) is 33.6 Å². The molecule has 0 amide bonds. The molecule has 1 saturated heterocycles. The monoisotopic (exact) mass is 366 g/mol. The second-order valence-corrected chi connectivity index (χ2v) is 6.31. The van der Waals surface area contributed by atoms with Crippen LogP contribution in [0.4, 0.5) is 5.69 Å². The Morgan fingerprint density at radius 3 is 2.67 bits per heavy atom. The van der Waals surface area contributed by atoms with Crippen molar-refractivity contribution in [3.8, 4) is 11.5 Å². The van der Waals surface area contributed by atoms with E-state index in [1.165, 1.54) is 0 Å². The zero-order valence-electron chi connectivity index (χ0n) is 15.4. The van der Waals surface area contributed by atoms with Crippen LogP contribution in [-0.2, 0) is 11.3 Å². The van der Waals surface area contributed by atoms with Gasteiger partial charge in [-0.2, -0.15) is 0 Å². The number of hydrogen-bond donors (Lipinski definition) is 0. The third-order valence-electron chi connectivity index (χ3n) is 4.56.